The predicted molar refractivity (Wildman–Crippen MR) is 103 cm³/mol. The number of hydrogen-bond donors (Lipinski definition) is 1. The van der Waals surface area contributed by atoms with Crippen LogP contribution in [0.25, 0.3) is 0 Å². The Morgan fingerprint density at radius 3 is 2.59 bits per heavy atom. The summed E-state index contributed by atoms with van der Waals surface area (Å²) < 4.78 is 7.84. The molecule has 0 radical (unpaired) electrons. The fourth-order valence-corrected chi connectivity index (χ4v) is 2.96. The van der Waals surface area contributed by atoms with Crippen molar-refractivity contribution >= 4 is 23.2 Å². The van der Waals surface area contributed by atoms with E-state index in [1.165, 1.54) is 32.0 Å². The molecule has 0 fully saturated rings. The molecule has 1 aromatic heterocycles. The summed E-state index contributed by atoms with van der Waals surface area (Å²) in [5, 5.41) is 19.0. The van der Waals surface area contributed by atoms with Gasteiger partial charge >= 0.3 is 0 Å². The van der Waals surface area contributed by atoms with Gasteiger partial charge in [-0.3, -0.25) is 4.68 Å². The molecule has 0 aliphatic carbocycles. The molecule has 0 aliphatic heterocycles. The summed E-state index contributed by atoms with van der Waals surface area (Å²) in [6.07, 6.45) is 9.08. The van der Waals surface area contributed by atoms with E-state index < -0.39 is 5.09 Å². The zero-order valence-corrected chi connectivity index (χ0v) is 16.6. The van der Waals surface area contributed by atoms with Crippen LogP contribution in [0.15, 0.2) is 30.9 Å². The second-order valence-corrected chi connectivity index (χ2v) is 6.64. The molecule has 0 spiro atoms. The Morgan fingerprint density at radius 1 is 1.30 bits per heavy atom. The minimum atomic E-state index is -1.50. The summed E-state index contributed by atoms with van der Waals surface area (Å²) in [4.78, 5) is 12.3. The standard InChI is InChI=1S/C17H23Cl2N3O.HNO3/c1-2-3-4-5-6-9-23-17(11-22-13-20-12-21-22)15-8-7-14(18)10-16(15)19;2-1(3)4/h7-8,10,12-13,17H,2-6,9,11H2,1H3;(H,2,3,4). The van der Waals surface area contributed by atoms with Crippen molar-refractivity contribution in [1.82, 2.24) is 14.8 Å². The van der Waals surface area contributed by atoms with E-state index in [9.17, 15) is 0 Å². The fourth-order valence-electron chi connectivity index (χ4n) is 2.43. The summed E-state index contributed by atoms with van der Waals surface area (Å²) in [5.41, 5.74) is 0.931. The molecule has 1 N–H and O–H groups in total. The minimum Gasteiger partial charge on any atom is -0.372 e. The van der Waals surface area contributed by atoms with Crippen LogP contribution in [0, 0.1) is 10.1 Å². The zero-order chi connectivity index (χ0) is 20.1. The molecular weight excluding hydrogens is 395 g/mol. The molecule has 150 valence electrons. The highest BCUT2D eigenvalue weighted by atomic mass is 35.5. The Hall–Kier alpha value is -1.90. The van der Waals surface area contributed by atoms with Gasteiger partial charge in [0.1, 0.15) is 18.8 Å². The Labute approximate surface area is 168 Å². The van der Waals surface area contributed by atoms with Gasteiger partial charge in [-0.05, 0) is 18.6 Å². The molecule has 0 aliphatic rings. The third-order valence-corrected chi connectivity index (χ3v) is 4.26. The average Bonchev–Trinajstić information content (AvgIpc) is 3.10. The smallest absolute Gasteiger partial charge is 0.291 e. The molecule has 27 heavy (non-hydrogen) atoms. The van der Waals surface area contributed by atoms with E-state index >= 15 is 0 Å². The summed E-state index contributed by atoms with van der Waals surface area (Å²) in [5.74, 6) is 0. The zero-order valence-electron chi connectivity index (χ0n) is 15.1. The van der Waals surface area contributed by atoms with Gasteiger partial charge in [0, 0.05) is 22.2 Å². The topological polar surface area (TPSA) is 103 Å². The van der Waals surface area contributed by atoms with Crippen molar-refractivity contribution in [2.45, 2.75) is 51.7 Å². The van der Waals surface area contributed by atoms with Gasteiger partial charge in [0.25, 0.3) is 5.09 Å². The van der Waals surface area contributed by atoms with Gasteiger partial charge in [-0.15, -0.1) is 10.1 Å². The van der Waals surface area contributed by atoms with E-state index in [-0.39, 0.29) is 6.10 Å². The van der Waals surface area contributed by atoms with Crippen molar-refractivity contribution in [2.75, 3.05) is 6.61 Å². The van der Waals surface area contributed by atoms with Crippen LogP contribution in [0.4, 0.5) is 0 Å². The number of aromatic nitrogens is 3. The van der Waals surface area contributed by atoms with Crippen LogP contribution in [0.1, 0.15) is 50.7 Å². The number of benzene rings is 1. The highest BCUT2D eigenvalue weighted by Crippen LogP contribution is 2.29. The first-order chi connectivity index (χ1) is 12.9. The van der Waals surface area contributed by atoms with Gasteiger partial charge in [0.15, 0.2) is 0 Å². The Morgan fingerprint density at radius 2 is 2.00 bits per heavy atom. The first kappa shape index (κ1) is 23.1. The lowest BCUT2D eigenvalue weighted by atomic mass is 10.1. The predicted octanol–water partition coefficient (Wildman–Crippen LogP) is 4.97. The van der Waals surface area contributed by atoms with E-state index in [0.717, 1.165) is 12.0 Å². The van der Waals surface area contributed by atoms with Gasteiger partial charge in [0.2, 0.25) is 0 Å². The molecule has 2 rings (SSSR count). The van der Waals surface area contributed by atoms with Crippen LogP contribution in [-0.2, 0) is 11.3 Å². The molecule has 1 atom stereocenters. The van der Waals surface area contributed by atoms with Crippen molar-refractivity contribution in [3.05, 3.63) is 56.6 Å². The maximum absolute atomic E-state index is 8.36. The van der Waals surface area contributed by atoms with Crippen molar-refractivity contribution < 1.29 is 15.0 Å². The normalized spacial score (nSPS) is 11.5. The van der Waals surface area contributed by atoms with E-state index in [4.69, 9.17) is 43.3 Å². The Balaban J connectivity index is 0.000000828. The molecule has 8 nitrogen and oxygen atoms in total. The SMILES string of the molecule is CCCCCCCOC(Cn1cncn1)c1ccc(Cl)cc1Cl.O=[N+]([O-])O. The van der Waals surface area contributed by atoms with Gasteiger partial charge in [-0.2, -0.15) is 5.10 Å². The van der Waals surface area contributed by atoms with Crippen LogP contribution in [-0.4, -0.2) is 31.7 Å². The van der Waals surface area contributed by atoms with Crippen molar-refractivity contribution in [3.63, 3.8) is 0 Å². The number of rotatable bonds is 10. The Bertz CT molecular complexity index is 667. The van der Waals surface area contributed by atoms with Crippen LogP contribution >= 0.6 is 23.2 Å². The van der Waals surface area contributed by atoms with E-state index in [1.54, 1.807) is 17.1 Å². The van der Waals surface area contributed by atoms with Crippen LogP contribution in [0.2, 0.25) is 10.0 Å². The van der Waals surface area contributed by atoms with Gasteiger partial charge in [-0.25, -0.2) is 4.98 Å². The van der Waals surface area contributed by atoms with Gasteiger partial charge < -0.3 is 9.94 Å². The average molecular weight is 419 g/mol. The molecule has 0 saturated carbocycles. The fraction of sp³-hybridized carbons (Fsp3) is 0.529. The molecule has 0 bridgehead atoms. The first-order valence-corrected chi connectivity index (χ1v) is 9.41. The van der Waals surface area contributed by atoms with Crippen molar-refractivity contribution in [2.24, 2.45) is 0 Å². The van der Waals surface area contributed by atoms with E-state index in [2.05, 4.69) is 17.0 Å². The molecule has 1 aromatic carbocycles. The molecule has 0 saturated heterocycles. The molecule has 1 unspecified atom stereocenters. The van der Waals surface area contributed by atoms with Gasteiger partial charge in [0.05, 0.1) is 6.54 Å². The van der Waals surface area contributed by atoms with Crippen molar-refractivity contribution in [1.29, 1.82) is 0 Å². The third kappa shape index (κ3) is 10.1. The summed E-state index contributed by atoms with van der Waals surface area (Å²) >= 11 is 12.3. The number of nitrogens with zero attached hydrogens (tertiary/aromatic N) is 4. The van der Waals surface area contributed by atoms with Crippen LogP contribution < -0.4 is 0 Å². The second-order valence-electron chi connectivity index (χ2n) is 5.79. The first-order valence-electron chi connectivity index (χ1n) is 8.66. The summed E-state index contributed by atoms with van der Waals surface area (Å²) in [6.45, 7) is 3.51. The maximum atomic E-state index is 8.36. The second kappa shape index (κ2) is 13.3. The van der Waals surface area contributed by atoms with Crippen LogP contribution in [0.5, 0.6) is 0 Å². The molecular formula is C17H24Cl2N4O4. The number of hydrogen-bond acceptors (Lipinski definition) is 5. The third-order valence-electron chi connectivity index (χ3n) is 3.70. The van der Waals surface area contributed by atoms with Crippen molar-refractivity contribution in [3.8, 4) is 0 Å². The molecule has 1 heterocycles. The number of halogens is 2. The highest BCUT2D eigenvalue weighted by Gasteiger charge is 2.17. The lowest BCUT2D eigenvalue weighted by Gasteiger charge is -2.19. The molecule has 0 amide bonds. The van der Waals surface area contributed by atoms with E-state index in [1.807, 2.05) is 12.1 Å². The van der Waals surface area contributed by atoms with Gasteiger partial charge in [-0.1, -0.05) is 61.9 Å². The quantitative estimate of drug-likeness (QED) is 0.332. The Kier molecular flexibility index (Phi) is 11.4. The van der Waals surface area contributed by atoms with Crippen LogP contribution in [0.3, 0.4) is 0 Å². The molecule has 10 heteroatoms. The lowest BCUT2D eigenvalue weighted by Crippen LogP contribution is -2.14. The summed E-state index contributed by atoms with van der Waals surface area (Å²) in [7, 11) is 0. The van der Waals surface area contributed by atoms with E-state index in [0.29, 0.717) is 23.2 Å². The lowest BCUT2D eigenvalue weighted by molar-refractivity contribution is -0.742. The highest BCUT2D eigenvalue weighted by molar-refractivity contribution is 6.35. The number of unbranched alkanes of at least 4 members (excludes halogenated alkanes) is 4. The minimum absolute atomic E-state index is 0.160. The monoisotopic (exact) mass is 418 g/mol. The summed E-state index contributed by atoms with van der Waals surface area (Å²) in [6, 6.07) is 5.50. The largest absolute Gasteiger partial charge is 0.372 e. The molecule has 2 aromatic rings. The maximum Gasteiger partial charge on any atom is 0.291 e. The number of ether oxygens (including phenoxy) is 1.